The van der Waals surface area contributed by atoms with Crippen LogP contribution in [0.1, 0.15) is 17.3 Å². The van der Waals surface area contributed by atoms with Gasteiger partial charge < -0.3 is 0 Å². The summed E-state index contributed by atoms with van der Waals surface area (Å²) in [6.07, 6.45) is 1.96. The van der Waals surface area contributed by atoms with E-state index in [0.29, 0.717) is 10.6 Å². The van der Waals surface area contributed by atoms with E-state index in [9.17, 15) is 4.79 Å². The largest absolute Gasteiger partial charge is 0.295 e. The minimum atomic E-state index is 0.00837. The standard InChI is InChI=1S/C11H9ClN2OS3/c1-6(15)7-3-4-9(8(12)5-7)17-11-14-13-10(16-2)18-11/h3-5H,1-2H3. The lowest BCUT2D eigenvalue weighted by molar-refractivity contribution is 0.101. The molecule has 0 aliphatic heterocycles. The molecule has 0 aliphatic rings. The molecule has 94 valence electrons. The zero-order valence-corrected chi connectivity index (χ0v) is 12.8. The zero-order chi connectivity index (χ0) is 13.1. The van der Waals surface area contributed by atoms with E-state index < -0.39 is 0 Å². The van der Waals surface area contributed by atoms with Gasteiger partial charge in [0.25, 0.3) is 0 Å². The van der Waals surface area contributed by atoms with Gasteiger partial charge in [-0.25, -0.2) is 0 Å². The fourth-order valence-corrected chi connectivity index (χ4v) is 3.91. The smallest absolute Gasteiger partial charge is 0.179 e. The third-order valence-corrected chi connectivity index (χ3v) is 5.55. The van der Waals surface area contributed by atoms with Crippen molar-refractivity contribution in [1.29, 1.82) is 0 Å². The van der Waals surface area contributed by atoms with E-state index in [1.54, 1.807) is 23.9 Å². The van der Waals surface area contributed by atoms with Crippen molar-refractivity contribution < 1.29 is 4.79 Å². The second-order valence-electron chi connectivity index (χ2n) is 3.34. The molecular weight excluding hydrogens is 308 g/mol. The molecule has 18 heavy (non-hydrogen) atoms. The van der Waals surface area contributed by atoms with Crippen LogP contribution in [0.25, 0.3) is 0 Å². The van der Waals surface area contributed by atoms with Gasteiger partial charge in [-0.15, -0.1) is 10.2 Å². The number of nitrogens with zero attached hydrogens (tertiary/aromatic N) is 2. The molecule has 0 aliphatic carbocycles. The number of hydrogen-bond donors (Lipinski definition) is 0. The van der Waals surface area contributed by atoms with Crippen molar-refractivity contribution in [2.75, 3.05) is 6.26 Å². The van der Waals surface area contributed by atoms with Crippen molar-refractivity contribution >= 4 is 52.2 Å². The van der Waals surface area contributed by atoms with Crippen LogP contribution in [0.3, 0.4) is 0 Å². The van der Waals surface area contributed by atoms with E-state index in [4.69, 9.17) is 11.6 Å². The fourth-order valence-electron chi connectivity index (χ4n) is 1.22. The number of ketones is 1. The van der Waals surface area contributed by atoms with E-state index >= 15 is 0 Å². The molecule has 0 radical (unpaired) electrons. The molecule has 1 heterocycles. The van der Waals surface area contributed by atoms with E-state index in [2.05, 4.69) is 10.2 Å². The Hall–Kier alpha value is -0.560. The predicted molar refractivity (Wildman–Crippen MR) is 77.3 cm³/mol. The van der Waals surface area contributed by atoms with E-state index in [1.165, 1.54) is 30.0 Å². The lowest BCUT2D eigenvalue weighted by Crippen LogP contribution is -1.91. The average Bonchev–Trinajstić information content (AvgIpc) is 2.79. The molecule has 0 unspecified atom stereocenters. The van der Waals surface area contributed by atoms with Gasteiger partial charge in [0.05, 0.1) is 5.02 Å². The van der Waals surface area contributed by atoms with Crippen LogP contribution in [-0.2, 0) is 0 Å². The first kappa shape index (κ1) is 13.9. The molecule has 0 fully saturated rings. The van der Waals surface area contributed by atoms with Crippen molar-refractivity contribution in [2.45, 2.75) is 20.5 Å². The normalized spacial score (nSPS) is 10.6. The molecule has 0 bridgehead atoms. The Bertz CT molecular complexity index is 585. The third-order valence-electron chi connectivity index (χ3n) is 2.10. The molecule has 0 N–H and O–H groups in total. The summed E-state index contributed by atoms with van der Waals surface area (Å²) in [5.74, 6) is 0.00837. The van der Waals surface area contributed by atoms with Gasteiger partial charge in [0.2, 0.25) is 0 Å². The van der Waals surface area contributed by atoms with E-state index in [-0.39, 0.29) is 5.78 Å². The molecule has 0 atom stereocenters. The van der Waals surface area contributed by atoms with Crippen molar-refractivity contribution in [2.24, 2.45) is 0 Å². The van der Waals surface area contributed by atoms with Crippen molar-refractivity contribution in [3.63, 3.8) is 0 Å². The van der Waals surface area contributed by atoms with Gasteiger partial charge in [-0.2, -0.15) is 0 Å². The molecule has 0 saturated carbocycles. The summed E-state index contributed by atoms with van der Waals surface area (Å²) in [5, 5.41) is 8.65. The average molecular weight is 317 g/mol. The second kappa shape index (κ2) is 6.06. The highest BCUT2D eigenvalue weighted by Gasteiger charge is 2.10. The predicted octanol–water partition coefficient (Wildman–Crippen LogP) is 4.27. The zero-order valence-electron chi connectivity index (χ0n) is 9.64. The Morgan fingerprint density at radius 2 is 2.06 bits per heavy atom. The monoisotopic (exact) mass is 316 g/mol. The van der Waals surface area contributed by atoms with Crippen molar-refractivity contribution in [3.05, 3.63) is 28.8 Å². The third kappa shape index (κ3) is 3.26. The summed E-state index contributed by atoms with van der Waals surface area (Å²) in [5.41, 5.74) is 0.617. The second-order valence-corrected chi connectivity index (χ2v) is 7.07. The summed E-state index contributed by atoms with van der Waals surface area (Å²) < 4.78 is 1.77. The van der Waals surface area contributed by atoms with Crippen LogP contribution in [0.15, 0.2) is 31.8 Å². The lowest BCUT2D eigenvalue weighted by atomic mass is 10.1. The summed E-state index contributed by atoms with van der Waals surface area (Å²) in [7, 11) is 0. The maximum absolute atomic E-state index is 11.2. The minimum absolute atomic E-state index is 0.00837. The van der Waals surface area contributed by atoms with Gasteiger partial charge in [0, 0.05) is 10.5 Å². The molecule has 3 nitrogen and oxygen atoms in total. The highest BCUT2D eigenvalue weighted by atomic mass is 35.5. The SMILES string of the molecule is CSc1nnc(Sc2ccc(C(C)=O)cc2Cl)s1. The number of carbonyl (C=O) groups excluding carboxylic acids is 1. The first-order valence-corrected chi connectivity index (χ1v) is 8.19. The first-order valence-electron chi connectivity index (χ1n) is 4.96. The quantitative estimate of drug-likeness (QED) is 0.622. The van der Waals surface area contributed by atoms with Crippen LogP contribution >= 0.6 is 46.5 Å². The number of halogens is 1. The van der Waals surface area contributed by atoms with E-state index in [1.807, 2.05) is 12.3 Å². The van der Waals surface area contributed by atoms with Gasteiger partial charge >= 0.3 is 0 Å². The number of hydrogen-bond acceptors (Lipinski definition) is 6. The molecule has 0 amide bonds. The molecule has 0 saturated heterocycles. The Kier molecular flexibility index (Phi) is 4.66. The highest BCUT2D eigenvalue weighted by molar-refractivity contribution is 8.03. The fraction of sp³-hybridized carbons (Fsp3) is 0.182. The Morgan fingerprint density at radius 1 is 1.33 bits per heavy atom. The highest BCUT2D eigenvalue weighted by Crippen LogP contribution is 2.36. The summed E-state index contributed by atoms with van der Waals surface area (Å²) in [6.45, 7) is 1.52. The van der Waals surface area contributed by atoms with Crippen LogP contribution < -0.4 is 0 Å². The number of rotatable bonds is 4. The van der Waals surface area contributed by atoms with Crippen LogP contribution in [-0.4, -0.2) is 22.2 Å². The number of aromatic nitrogens is 2. The van der Waals surface area contributed by atoms with Gasteiger partial charge in [-0.1, -0.05) is 52.5 Å². The van der Waals surface area contributed by atoms with Gasteiger partial charge in [-0.05, 0) is 25.3 Å². The maximum atomic E-state index is 11.2. The Morgan fingerprint density at radius 3 is 2.61 bits per heavy atom. The van der Waals surface area contributed by atoms with Crippen molar-refractivity contribution in [3.8, 4) is 0 Å². The maximum Gasteiger partial charge on any atom is 0.179 e. The van der Waals surface area contributed by atoms with Crippen LogP contribution in [0.5, 0.6) is 0 Å². The molecule has 0 spiro atoms. The Balaban J connectivity index is 2.21. The number of Topliss-reactive ketones (excluding diaryl/α,β-unsaturated/α-hetero) is 1. The number of thioether (sulfide) groups is 1. The minimum Gasteiger partial charge on any atom is -0.295 e. The molecule has 2 rings (SSSR count). The summed E-state index contributed by atoms with van der Waals surface area (Å²) in [6, 6.07) is 5.29. The molecule has 2 aromatic rings. The van der Waals surface area contributed by atoms with Crippen LogP contribution in [0, 0.1) is 0 Å². The summed E-state index contributed by atoms with van der Waals surface area (Å²) in [4.78, 5) is 12.1. The Labute approximate surface area is 122 Å². The van der Waals surface area contributed by atoms with Crippen LogP contribution in [0.4, 0.5) is 0 Å². The summed E-state index contributed by atoms with van der Waals surface area (Å²) >= 11 is 10.7. The van der Waals surface area contributed by atoms with Gasteiger partial charge in [0.1, 0.15) is 0 Å². The number of carbonyl (C=O) groups is 1. The van der Waals surface area contributed by atoms with Crippen LogP contribution in [0.2, 0.25) is 5.02 Å². The molecule has 1 aromatic heterocycles. The number of benzene rings is 1. The molecule has 1 aromatic carbocycles. The topological polar surface area (TPSA) is 42.9 Å². The molecule has 7 heteroatoms. The van der Waals surface area contributed by atoms with E-state index in [0.717, 1.165) is 13.6 Å². The van der Waals surface area contributed by atoms with Gasteiger partial charge in [-0.3, -0.25) is 4.79 Å². The van der Waals surface area contributed by atoms with Crippen molar-refractivity contribution in [1.82, 2.24) is 10.2 Å². The lowest BCUT2D eigenvalue weighted by Gasteiger charge is -2.02. The van der Waals surface area contributed by atoms with Gasteiger partial charge in [0.15, 0.2) is 14.5 Å². The first-order chi connectivity index (χ1) is 8.60. The molecular formula is C11H9ClN2OS3.